The molecule has 2 aromatic heterocycles. The Morgan fingerprint density at radius 2 is 1.82 bits per heavy atom. The van der Waals surface area contributed by atoms with Crippen LogP contribution in [0.25, 0.3) is 10.9 Å². The first kappa shape index (κ1) is 22.1. The van der Waals surface area contributed by atoms with Crippen molar-refractivity contribution >= 4 is 10.9 Å². The molecule has 2 aliphatic rings. The van der Waals surface area contributed by atoms with Crippen LogP contribution in [0.15, 0.2) is 29.1 Å². The molecule has 1 atom stereocenters. The van der Waals surface area contributed by atoms with E-state index >= 15 is 0 Å². The molecule has 1 saturated carbocycles. The summed E-state index contributed by atoms with van der Waals surface area (Å²) in [6, 6.07) is 7.88. The molecule has 8 nitrogen and oxygen atoms in total. The quantitative estimate of drug-likeness (QED) is 0.599. The van der Waals surface area contributed by atoms with E-state index in [2.05, 4.69) is 25.4 Å². The number of rotatable bonds is 6. The maximum Gasteiger partial charge on any atom is 0.253 e. The molecule has 33 heavy (non-hydrogen) atoms. The zero-order valence-electron chi connectivity index (χ0n) is 19.5. The van der Waals surface area contributed by atoms with Gasteiger partial charge in [0.2, 0.25) is 0 Å². The third-order valence-corrected chi connectivity index (χ3v) is 7.14. The summed E-state index contributed by atoms with van der Waals surface area (Å²) in [5.74, 6) is 1.61. The van der Waals surface area contributed by atoms with Crippen LogP contribution in [0.5, 0.6) is 5.75 Å². The molecule has 1 N–H and O–H groups in total. The van der Waals surface area contributed by atoms with Crippen LogP contribution in [-0.4, -0.2) is 49.8 Å². The first-order valence-corrected chi connectivity index (χ1v) is 12.6. The average molecular weight is 451 g/mol. The lowest BCUT2D eigenvalue weighted by atomic mass is 9.95. The number of tetrazole rings is 1. The molecular formula is C25H34N6O2. The standard InChI is InChI=1S/C25H34N6O2/c1-2-33-20-12-13-22-18(16-20)17-21(25(32)26-22)23(30-14-8-3-4-9-15-30)24-27-28-29-31(24)19-10-6-5-7-11-19/h12-13,16-17,19,23H,2-11,14-15H2,1H3,(H,26,32)/t23-/m1/s1. The maximum atomic E-state index is 13.4. The minimum absolute atomic E-state index is 0.0703. The van der Waals surface area contributed by atoms with E-state index in [-0.39, 0.29) is 11.6 Å². The number of nitrogens with zero attached hydrogens (tertiary/aromatic N) is 5. The zero-order valence-corrected chi connectivity index (χ0v) is 19.5. The van der Waals surface area contributed by atoms with Crippen LogP contribution < -0.4 is 10.3 Å². The van der Waals surface area contributed by atoms with E-state index in [0.717, 1.165) is 61.2 Å². The molecule has 3 aromatic rings. The van der Waals surface area contributed by atoms with Crippen LogP contribution in [0, 0.1) is 0 Å². The molecule has 2 fully saturated rings. The highest BCUT2D eigenvalue weighted by Crippen LogP contribution is 2.34. The maximum absolute atomic E-state index is 13.4. The Morgan fingerprint density at radius 1 is 1.06 bits per heavy atom. The van der Waals surface area contributed by atoms with Gasteiger partial charge in [0.1, 0.15) is 11.8 Å². The van der Waals surface area contributed by atoms with Crippen LogP contribution in [-0.2, 0) is 0 Å². The van der Waals surface area contributed by atoms with E-state index in [0.29, 0.717) is 18.2 Å². The Bertz CT molecular complexity index is 1130. The number of fused-ring (bicyclic) bond motifs is 1. The van der Waals surface area contributed by atoms with Crippen molar-refractivity contribution in [2.24, 2.45) is 0 Å². The number of ether oxygens (including phenoxy) is 1. The molecule has 3 heterocycles. The second-order valence-corrected chi connectivity index (χ2v) is 9.36. The number of aromatic nitrogens is 5. The highest BCUT2D eigenvalue weighted by atomic mass is 16.5. The van der Waals surface area contributed by atoms with Crippen LogP contribution >= 0.6 is 0 Å². The number of benzene rings is 1. The Labute approximate surface area is 194 Å². The summed E-state index contributed by atoms with van der Waals surface area (Å²) in [6.07, 6.45) is 10.6. The molecule has 0 spiro atoms. The molecule has 0 unspecified atom stereocenters. The van der Waals surface area contributed by atoms with E-state index in [1.807, 2.05) is 35.9 Å². The number of pyridine rings is 1. The second kappa shape index (κ2) is 10.0. The zero-order chi connectivity index (χ0) is 22.6. The summed E-state index contributed by atoms with van der Waals surface area (Å²) >= 11 is 0. The Balaban J connectivity index is 1.62. The highest BCUT2D eigenvalue weighted by Gasteiger charge is 2.33. The lowest BCUT2D eigenvalue weighted by Crippen LogP contribution is -2.36. The summed E-state index contributed by atoms with van der Waals surface area (Å²) in [5, 5.41) is 14.0. The van der Waals surface area contributed by atoms with Gasteiger partial charge in [-0.05, 0) is 80.4 Å². The number of hydrogen-bond donors (Lipinski definition) is 1. The molecule has 0 radical (unpaired) electrons. The van der Waals surface area contributed by atoms with E-state index in [4.69, 9.17) is 4.74 Å². The fraction of sp³-hybridized carbons (Fsp3) is 0.600. The summed E-state index contributed by atoms with van der Waals surface area (Å²) in [6.45, 7) is 4.47. The SMILES string of the molecule is CCOc1ccc2[nH]c(=O)c([C@H](c3nnnn3C3CCCCC3)N3CCCCCC3)cc2c1. The van der Waals surface area contributed by atoms with E-state index in [9.17, 15) is 4.79 Å². The molecule has 1 aliphatic heterocycles. The Morgan fingerprint density at radius 3 is 2.58 bits per heavy atom. The lowest BCUT2D eigenvalue weighted by molar-refractivity contribution is 0.210. The van der Waals surface area contributed by atoms with Gasteiger partial charge < -0.3 is 9.72 Å². The number of likely N-dealkylation sites (tertiary alicyclic amines) is 1. The van der Waals surface area contributed by atoms with Crippen LogP contribution in [0.1, 0.15) is 88.2 Å². The van der Waals surface area contributed by atoms with E-state index < -0.39 is 0 Å². The monoisotopic (exact) mass is 450 g/mol. The molecule has 1 aromatic carbocycles. The van der Waals surface area contributed by atoms with Crippen molar-refractivity contribution in [3.63, 3.8) is 0 Å². The molecule has 1 saturated heterocycles. The Kier molecular flexibility index (Phi) is 6.71. The van der Waals surface area contributed by atoms with Crippen LogP contribution in [0.3, 0.4) is 0 Å². The third kappa shape index (κ3) is 4.67. The van der Waals surface area contributed by atoms with Crippen molar-refractivity contribution in [3.05, 3.63) is 46.0 Å². The molecule has 1 aliphatic carbocycles. The first-order chi connectivity index (χ1) is 16.2. The van der Waals surface area contributed by atoms with Crippen molar-refractivity contribution in [1.29, 1.82) is 0 Å². The largest absolute Gasteiger partial charge is 0.494 e. The van der Waals surface area contributed by atoms with Gasteiger partial charge in [0.25, 0.3) is 5.56 Å². The summed E-state index contributed by atoms with van der Waals surface area (Å²) in [4.78, 5) is 18.9. The predicted octanol–water partition coefficient (Wildman–Crippen LogP) is 4.38. The minimum atomic E-state index is -0.260. The average Bonchev–Trinajstić information content (AvgIpc) is 3.16. The molecule has 8 heteroatoms. The number of H-pyrrole nitrogens is 1. The van der Waals surface area contributed by atoms with E-state index in [1.165, 1.54) is 32.1 Å². The Hall–Kier alpha value is -2.74. The second-order valence-electron chi connectivity index (χ2n) is 9.36. The number of nitrogens with one attached hydrogen (secondary N) is 1. The first-order valence-electron chi connectivity index (χ1n) is 12.6. The van der Waals surface area contributed by atoms with Crippen molar-refractivity contribution < 1.29 is 4.74 Å². The topological polar surface area (TPSA) is 88.9 Å². The van der Waals surface area contributed by atoms with Gasteiger partial charge in [-0.1, -0.05) is 32.1 Å². The minimum Gasteiger partial charge on any atom is -0.494 e. The molecule has 5 rings (SSSR count). The molecular weight excluding hydrogens is 416 g/mol. The van der Waals surface area contributed by atoms with Crippen molar-refractivity contribution in [1.82, 2.24) is 30.1 Å². The lowest BCUT2D eigenvalue weighted by Gasteiger charge is -2.31. The smallest absolute Gasteiger partial charge is 0.253 e. The highest BCUT2D eigenvalue weighted by molar-refractivity contribution is 5.80. The van der Waals surface area contributed by atoms with Gasteiger partial charge >= 0.3 is 0 Å². The third-order valence-electron chi connectivity index (χ3n) is 7.14. The van der Waals surface area contributed by atoms with Crippen LogP contribution in [0.2, 0.25) is 0 Å². The van der Waals surface area contributed by atoms with Gasteiger partial charge in [-0.25, -0.2) is 4.68 Å². The molecule has 0 bridgehead atoms. The van der Waals surface area contributed by atoms with Gasteiger partial charge in [-0.15, -0.1) is 5.10 Å². The fourth-order valence-electron chi connectivity index (χ4n) is 5.48. The molecule has 0 amide bonds. The van der Waals surface area contributed by atoms with Gasteiger partial charge in [0, 0.05) is 16.5 Å². The van der Waals surface area contributed by atoms with E-state index in [1.54, 1.807) is 0 Å². The molecule has 176 valence electrons. The van der Waals surface area contributed by atoms with Gasteiger partial charge in [0.05, 0.1) is 12.6 Å². The van der Waals surface area contributed by atoms with Gasteiger partial charge in [0.15, 0.2) is 5.82 Å². The summed E-state index contributed by atoms with van der Waals surface area (Å²) in [7, 11) is 0. The fourth-order valence-corrected chi connectivity index (χ4v) is 5.48. The van der Waals surface area contributed by atoms with Crippen molar-refractivity contribution in [2.45, 2.75) is 76.8 Å². The van der Waals surface area contributed by atoms with Gasteiger partial charge in [-0.2, -0.15) is 0 Å². The van der Waals surface area contributed by atoms with Crippen LogP contribution in [0.4, 0.5) is 0 Å². The van der Waals surface area contributed by atoms with Gasteiger partial charge in [-0.3, -0.25) is 9.69 Å². The number of aromatic amines is 1. The number of hydrogen-bond acceptors (Lipinski definition) is 6. The van der Waals surface area contributed by atoms with Crippen molar-refractivity contribution in [2.75, 3.05) is 19.7 Å². The summed E-state index contributed by atoms with van der Waals surface area (Å²) in [5.41, 5.74) is 1.46. The van der Waals surface area contributed by atoms with Crippen molar-refractivity contribution in [3.8, 4) is 5.75 Å². The summed E-state index contributed by atoms with van der Waals surface area (Å²) < 4.78 is 7.73. The predicted molar refractivity (Wildman–Crippen MR) is 128 cm³/mol. The normalized spacial score (nSPS) is 19.4.